The summed E-state index contributed by atoms with van der Waals surface area (Å²) in [4.78, 5) is 0. The van der Waals surface area contributed by atoms with Crippen LogP contribution in [0.15, 0.2) is 0 Å². The van der Waals surface area contributed by atoms with E-state index in [1.54, 1.807) is 0 Å². The first-order chi connectivity index (χ1) is 6.26. The molecule has 0 bridgehead atoms. The number of ether oxygens (including phenoxy) is 2. The Kier molecular flexibility index (Phi) is 4.12. The van der Waals surface area contributed by atoms with Gasteiger partial charge in [-0.25, -0.2) is 0 Å². The van der Waals surface area contributed by atoms with Crippen LogP contribution in [0.5, 0.6) is 0 Å². The maximum absolute atomic E-state index is 9.04. The van der Waals surface area contributed by atoms with Gasteiger partial charge in [-0.15, -0.1) is 0 Å². The fraction of sp³-hybridized carbons (Fsp3) is 1.00. The monoisotopic (exact) mass is 190 g/mol. The zero-order valence-electron chi connectivity index (χ0n) is 8.03. The quantitative estimate of drug-likeness (QED) is 0.661. The van der Waals surface area contributed by atoms with Crippen molar-refractivity contribution in [2.75, 3.05) is 26.4 Å². The van der Waals surface area contributed by atoms with Crippen molar-refractivity contribution < 1.29 is 19.7 Å². The molecule has 1 aliphatic heterocycles. The highest BCUT2D eigenvalue weighted by molar-refractivity contribution is 4.80. The standard InChI is InChI=1S/C9H18O4/c1-2-3-8-12-6-9(4-10,5-11)7-13-8/h8,10-11H,2-7H2,1H3. The fourth-order valence-electron chi connectivity index (χ4n) is 1.26. The minimum atomic E-state index is -0.593. The molecule has 78 valence electrons. The van der Waals surface area contributed by atoms with E-state index in [1.165, 1.54) is 0 Å². The largest absolute Gasteiger partial charge is 0.396 e. The van der Waals surface area contributed by atoms with Crippen molar-refractivity contribution >= 4 is 0 Å². The Morgan fingerprint density at radius 1 is 1.23 bits per heavy atom. The summed E-state index contributed by atoms with van der Waals surface area (Å²) in [7, 11) is 0. The first-order valence-electron chi connectivity index (χ1n) is 4.71. The lowest BCUT2D eigenvalue weighted by Gasteiger charge is -2.37. The Labute approximate surface area is 78.5 Å². The average molecular weight is 190 g/mol. The number of hydrogen-bond donors (Lipinski definition) is 2. The summed E-state index contributed by atoms with van der Waals surface area (Å²) < 4.78 is 10.7. The van der Waals surface area contributed by atoms with Crippen LogP contribution in [-0.2, 0) is 9.47 Å². The van der Waals surface area contributed by atoms with E-state index in [2.05, 4.69) is 6.92 Å². The highest BCUT2D eigenvalue weighted by Gasteiger charge is 2.35. The zero-order valence-corrected chi connectivity index (χ0v) is 8.03. The molecule has 1 saturated heterocycles. The molecule has 0 amide bonds. The number of rotatable bonds is 4. The molecule has 4 nitrogen and oxygen atoms in total. The molecule has 1 aliphatic rings. The van der Waals surface area contributed by atoms with Gasteiger partial charge < -0.3 is 19.7 Å². The number of aliphatic hydroxyl groups is 2. The zero-order chi connectivity index (χ0) is 9.73. The molecule has 4 heteroatoms. The highest BCUT2D eigenvalue weighted by atomic mass is 16.7. The molecule has 0 aromatic carbocycles. The normalized spacial score (nSPS) is 23.3. The lowest BCUT2D eigenvalue weighted by molar-refractivity contribution is -0.245. The van der Waals surface area contributed by atoms with Crippen molar-refractivity contribution in [2.24, 2.45) is 5.41 Å². The third-order valence-corrected chi connectivity index (χ3v) is 2.35. The van der Waals surface area contributed by atoms with E-state index in [9.17, 15) is 0 Å². The summed E-state index contributed by atoms with van der Waals surface area (Å²) in [6.45, 7) is 2.63. The van der Waals surface area contributed by atoms with E-state index in [0.717, 1.165) is 12.8 Å². The number of aliphatic hydroxyl groups excluding tert-OH is 2. The van der Waals surface area contributed by atoms with Crippen molar-refractivity contribution in [2.45, 2.75) is 26.1 Å². The predicted molar refractivity (Wildman–Crippen MR) is 47.2 cm³/mol. The number of hydrogen-bond acceptors (Lipinski definition) is 4. The Bertz CT molecular complexity index is 135. The van der Waals surface area contributed by atoms with Crippen LogP contribution >= 0.6 is 0 Å². The van der Waals surface area contributed by atoms with Gasteiger partial charge in [-0.2, -0.15) is 0 Å². The Hall–Kier alpha value is -0.160. The molecule has 1 fully saturated rings. The highest BCUT2D eigenvalue weighted by Crippen LogP contribution is 2.24. The van der Waals surface area contributed by atoms with E-state index >= 15 is 0 Å². The van der Waals surface area contributed by atoms with Crippen LogP contribution in [0.2, 0.25) is 0 Å². The molecule has 0 saturated carbocycles. The van der Waals surface area contributed by atoms with E-state index < -0.39 is 5.41 Å². The Balaban J connectivity index is 2.36. The third-order valence-electron chi connectivity index (χ3n) is 2.35. The van der Waals surface area contributed by atoms with Gasteiger partial charge in [0.15, 0.2) is 6.29 Å². The van der Waals surface area contributed by atoms with E-state index in [0.29, 0.717) is 13.2 Å². The van der Waals surface area contributed by atoms with Crippen molar-refractivity contribution in [1.29, 1.82) is 0 Å². The van der Waals surface area contributed by atoms with Crippen LogP contribution in [0.4, 0.5) is 0 Å². The molecule has 0 unspecified atom stereocenters. The third kappa shape index (κ3) is 2.64. The van der Waals surface area contributed by atoms with Gasteiger partial charge in [-0.1, -0.05) is 13.3 Å². The molecule has 0 aromatic heterocycles. The SMILES string of the molecule is CCCC1OCC(CO)(CO)CO1. The van der Waals surface area contributed by atoms with Crippen molar-refractivity contribution in [3.63, 3.8) is 0 Å². The van der Waals surface area contributed by atoms with Crippen LogP contribution in [0.1, 0.15) is 19.8 Å². The van der Waals surface area contributed by atoms with E-state index in [1.807, 2.05) is 0 Å². The molecule has 0 aliphatic carbocycles. The summed E-state index contributed by atoms with van der Waals surface area (Å²) in [6.07, 6.45) is 1.72. The maximum Gasteiger partial charge on any atom is 0.157 e. The minimum absolute atomic E-state index is 0.0949. The smallest absolute Gasteiger partial charge is 0.157 e. The molecule has 1 heterocycles. The van der Waals surface area contributed by atoms with E-state index in [4.69, 9.17) is 19.7 Å². The molecule has 0 radical (unpaired) electrons. The molecular formula is C9H18O4. The van der Waals surface area contributed by atoms with Crippen LogP contribution < -0.4 is 0 Å². The second kappa shape index (κ2) is 4.91. The molecule has 0 aromatic rings. The predicted octanol–water partition coefficient (Wildman–Crippen LogP) is 0.130. The van der Waals surface area contributed by atoms with Gasteiger partial charge in [-0.05, 0) is 6.42 Å². The Morgan fingerprint density at radius 3 is 2.15 bits per heavy atom. The summed E-state index contributed by atoms with van der Waals surface area (Å²) in [5, 5.41) is 18.1. The van der Waals surface area contributed by atoms with Gasteiger partial charge in [0.05, 0.1) is 31.8 Å². The molecule has 2 N–H and O–H groups in total. The first-order valence-corrected chi connectivity index (χ1v) is 4.71. The minimum Gasteiger partial charge on any atom is -0.396 e. The summed E-state index contributed by atoms with van der Waals surface area (Å²) in [6, 6.07) is 0. The van der Waals surface area contributed by atoms with Crippen LogP contribution in [0.25, 0.3) is 0 Å². The summed E-state index contributed by atoms with van der Waals surface area (Å²) in [5.74, 6) is 0. The van der Waals surface area contributed by atoms with E-state index in [-0.39, 0.29) is 19.5 Å². The summed E-state index contributed by atoms with van der Waals surface area (Å²) >= 11 is 0. The van der Waals surface area contributed by atoms with Gasteiger partial charge in [0.1, 0.15) is 0 Å². The first kappa shape index (κ1) is 10.9. The van der Waals surface area contributed by atoms with Crippen LogP contribution in [-0.4, -0.2) is 42.9 Å². The average Bonchev–Trinajstić information content (AvgIpc) is 2.20. The van der Waals surface area contributed by atoms with Crippen LogP contribution in [0.3, 0.4) is 0 Å². The van der Waals surface area contributed by atoms with Gasteiger partial charge in [0.2, 0.25) is 0 Å². The molecule has 0 atom stereocenters. The Morgan fingerprint density at radius 2 is 1.77 bits per heavy atom. The summed E-state index contributed by atoms with van der Waals surface area (Å²) in [5.41, 5.74) is -0.593. The van der Waals surface area contributed by atoms with Gasteiger partial charge in [0.25, 0.3) is 0 Å². The van der Waals surface area contributed by atoms with Crippen LogP contribution in [0, 0.1) is 5.41 Å². The van der Waals surface area contributed by atoms with Gasteiger partial charge >= 0.3 is 0 Å². The van der Waals surface area contributed by atoms with Gasteiger partial charge in [-0.3, -0.25) is 0 Å². The molecule has 1 rings (SSSR count). The molecular weight excluding hydrogens is 172 g/mol. The molecule has 13 heavy (non-hydrogen) atoms. The lowest BCUT2D eigenvalue weighted by atomic mass is 9.92. The lowest BCUT2D eigenvalue weighted by Crippen LogP contribution is -2.46. The molecule has 0 spiro atoms. The van der Waals surface area contributed by atoms with Crippen molar-refractivity contribution in [3.05, 3.63) is 0 Å². The second-order valence-corrected chi connectivity index (χ2v) is 3.66. The van der Waals surface area contributed by atoms with Gasteiger partial charge in [0, 0.05) is 0 Å². The fourth-order valence-corrected chi connectivity index (χ4v) is 1.26. The maximum atomic E-state index is 9.04. The topological polar surface area (TPSA) is 58.9 Å². The second-order valence-electron chi connectivity index (χ2n) is 3.66. The van der Waals surface area contributed by atoms with Crippen molar-refractivity contribution in [3.8, 4) is 0 Å². The van der Waals surface area contributed by atoms with Crippen molar-refractivity contribution in [1.82, 2.24) is 0 Å².